The van der Waals surface area contributed by atoms with Crippen molar-refractivity contribution in [1.82, 2.24) is 0 Å². The molecule has 0 aromatic carbocycles. The molecule has 1 N–H and O–H groups in total. The van der Waals surface area contributed by atoms with Crippen molar-refractivity contribution in [3.63, 3.8) is 0 Å². The van der Waals surface area contributed by atoms with Crippen molar-refractivity contribution in [2.75, 3.05) is 5.32 Å². The predicted octanol–water partition coefficient (Wildman–Crippen LogP) is 5.64. The summed E-state index contributed by atoms with van der Waals surface area (Å²) in [6.07, 6.45) is 0. The fraction of sp³-hybridized carbons (Fsp3) is 0. The maximum atomic E-state index is 3.58. The van der Waals surface area contributed by atoms with Crippen LogP contribution >= 0.6 is 0 Å². The number of rotatable bonds is 2. The van der Waals surface area contributed by atoms with Gasteiger partial charge in [-0.25, -0.2) is 0 Å². The SMILES string of the molecule is c1ccc2ccc(Nc3ccc4cccccc3-4)c-2cc1. The van der Waals surface area contributed by atoms with Crippen molar-refractivity contribution < 1.29 is 0 Å². The van der Waals surface area contributed by atoms with E-state index < -0.39 is 0 Å². The highest BCUT2D eigenvalue weighted by atomic mass is 14.9. The van der Waals surface area contributed by atoms with Crippen LogP contribution in [0.4, 0.5) is 11.4 Å². The van der Waals surface area contributed by atoms with Gasteiger partial charge in [0.25, 0.3) is 0 Å². The zero-order chi connectivity index (χ0) is 14.1. The van der Waals surface area contributed by atoms with E-state index in [4.69, 9.17) is 0 Å². The molecule has 0 heterocycles. The summed E-state index contributed by atoms with van der Waals surface area (Å²) in [5.74, 6) is 0. The molecule has 4 rings (SSSR count). The Balaban J connectivity index is 1.76. The van der Waals surface area contributed by atoms with Crippen LogP contribution in [0.2, 0.25) is 0 Å². The van der Waals surface area contributed by atoms with E-state index in [9.17, 15) is 0 Å². The first-order valence-corrected chi connectivity index (χ1v) is 7.14. The minimum Gasteiger partial charge on any atom is -0.355 e. The second-order valence-corrected chi connectivity index (χ2v) is 5.18. The van der Waals surface area contributed by atoms with Gasteiger partial charge < -0.3 is 5.32 Å². The van der Waals surface area contributed by atoms with E-state index in [1.165, 1.54) is 22.3 Å². The molecule has 0 atom stereocenters. The van der Waals surface area contributed by atoms with Crippen molar-refractivity contribution >= 4 is 11.4 Å². The molecule has 1 heteroatoms. The lowest BCUT2D eigenvalue weighted by molar-refractivity contribution is 1.64. The summed E-state index contributed by atoms with van der Waals surface area (Å²) in [4.78, 5) is 0. The molecule has 4 aliphatic rings. The van der Waals surface area contributed by atoms with Crippen molar-refractivity contribution in [2.24, 2.45) is 0 Å². The Kier molecular flexibility index (Phi) is 2.82. The second kappa shape index (κ2) is 4.95. The molecule has 0 unspecified atom stereocenters. The molecule has 0 saturated heterocycles. The maximum absolute atomic E-state index is 3.58. The second-order valence-electron chi connectivity index (χ2n) is 5.18. The lowest BCUT2D eigenvalue weighted by atomic mass is 10.1. The third-order valence-electron chi connectivity index (χ3n) is 3.85. The van der Waals surface area contributed by atoms with E-state index in [1.54, 1.807) is 0 Å². The lowest BCUT2D eigenvalue weighted by Gasteiger charge is -2.07. The zero-order valence-corrected chi connectivity index (χ0v) is 11.6. The largest absolute Gasteiger partial charge is 0.355 e. The van der Waals surface area contributed by atoms with E-state index in [-0.39, 0.29) is 0 Å². The van der Waals surface area contributed by atoms with Crippen LogP contribution in [0.5, 0.6) is 0 Å². The molecule has 0 aromatic rings. The normalized spacial score (nSPS) is 10.9. The molecule has 0 radical (unpaired) electrons. The Morgan fingerprint density at radius 3 is 1.43 bits per heavy atom. The van der Waals surface area contributed by atoms with Crippen molar-refractivity contribution in [3.8, 4) is 22.3 Å². The molecule has 0 saturated carbocycles. The number of anilines is 2. The summed E-state index contributed by atoms with van der Waals surface area (Å²) in [5.41, 5.74) is 7.30. The third kappa shape index (κ3) is 2.13. The minimum atomic E-state index is 1.15. The number of fused-ring (bicyclic) bond motifs is 2. The molecule has 100 valence electrons. The van der Waals surface area contributed by atoms with Crippen LogP contribution in [-0.4, -0.2) is 0 Å². The van der Waals surface area contributed by atoms with Gasteiger partial charge in [-0.05, 0) is 23.3 Å². The van der Waals surface area contributed by atoms with Gasteiger partial charge in [-0.2, -0.15) is 0 Å². The van der Waals surface area contributed by atoms with Crippen LogP contribution in [0, 0.1) is 0 Å². The summed E-state index contributed by atoms with van der Waals surface area (Å²) < 4.78 is 0. The Morgan fingerprint density at radius 2 is 0.905 bits per heavy atom. The quantitative estimate of drug-likeness (QED) is 0.496. The van der Waals surface area contributed by atoms with Gasteiger partial charge in [-0.15, -0.1) is 0 Å². The first-order chi connectivity index (χ1) is 10.4. The van der Waals surface area contributed by atoms with Gasteiger partial charge in [-0.3, -0.25) is 0 Å². The zero-order valence-electron chi connectivity index (χ0n) is 11.6. The summed E-state index contributed by atoms with van der Waals surface area (Å²) in [7, 11) is 0. The minimum absolute atomic E-state index is 1.15. The standard InChI is InChI=1S/C20H15N/c1-3-7-15-11-13-19(17(15)9-5-1)21-20-14-12-16-8-4-2-6-10-18(16)20/h1-14,21H. The Hall–Kier alpha value is -2.80. The molecule has 0 aliphatic heterocycles. The first-order valence-electron chi connectivity index (χ1n) is 7.14. The monoisotopic (exact) mass is 269 g/mol. The van der Waals surface area contributed by atoms with Gasteiger partial charge in [0.05, 0.1) is 0 Å². The summed E-state index contributed by atoms with van der Waals surface area (Å²) >= 11 is 0. The van der Waals surface area contributed by atoms with Crippen LogP contribution in [-0.2, 0) is 0 Å². The first kappa shape index (κ1) is 12.0. The highest BCUT2D eigenvalue weighted by Gasteiger charge is 2.11. The van der Waals surface area contributed by atoms with Crippen molar-refractivity contribution in [2.45, 2.75) is 0 Å². The number of hydrogen-bond donors (Lipinski definition) is 1. The molecule has 0 amide bonds. The van der Waals surface area contributed by atoms with Gasteiger partial charge in [0.2, 0.25) is 0 Å². The van der Waals surface area contributed by atoms with Crippen molar-refractivity contribution in [1.29, 1.82) is 0 Å². The van der Waals surface area contributed by atoms with Crippen LogP contribution in [0.3, 0.4) is 0 Å². The van der Waals surface area contributed by atoms with Crippen LogP contribution in [0.25, 0.3) is 22.3 Å². The predicted molar refractivity (Wildman–Crippen MR) is 89.4 cm³/mol. The highest BCUT2D eigenvalue weighted by Crippen LogP contribution is 2.37. The molecule has 0 spiro atoms. The van der Waals surface area contributed by atoms with E-state index >= 15 is 0 Å². The number of hydrogen-bond acceptors (Lipinski definition) is 1. The Labute approximate surface area is 124 Å². The highest BCUT2D eigenvalue weighted by molar-refractivity contribution is 5.89. The molecular formula is C20H15N. The van der Waals surface area contributed by atoms with E-state index in [2.05, 4.69) is 90.2 Å². The van der Waals surface area contributed by atoms with Crippen LogP contribution < -0.4 is 5.32 Å². The third-order valence-corrected chi connectivity index (χ3v) is 3.85. The molecule has 0 bridgehead atoms. The molecule has 0 aromatic heterocycles. The van der Waals surface area contributed by atoms with Crippen LogP contribution in [0.1, 0.15) is 0 Å². The summed E-state index contributed by atoms with van der Waals surface area (Å²) in [6, 6.07) is 29.6. The molecule has 21 heavy (non-hydrogen) atoms. The van der Waals surface area contributed by atoms with Gasteiger partial charge in [0.1, 0.15) is 0 Å². The molecule has 0 fully saturated rings. The van der Waals surface area contributed by atoms with E-state index in [0.717, 1.165) is 11.4 Å². The smallest absolute Gasteiger partial charge is 0.0464 e. The fourth-order valence-electron chi connectivity index (χ4n) is 2.79. The summed E-state index contributed by atoms with van der Waals surface area (Å²) in [5, 5.41) is 3.58. The van der Waals surface area contributed by atoms with Gasteiger partial charge in [0.15, 0.2) is 0 Å². The molecule has 4 aliphatic carbocycles. The summed E-state index contributed by atoms with van der Waals surface area (Å²) in [6.45, 7) is 0. The maximum Gasteiger partial charge on any atom is 0.0464 e. The topological polar surface area (TPSA) is 12.0 Å². The van der Waals surface area contributed by atoms with E-state index in [0.29, 0.717) is 0 Å². The fourth-order valence-corrected chi connectivity index (χ4v) is 2.79. The average Bonchev–Trinajstić information content (AvgIpc) is 2.85. The van der Waals surface area contributed by atoms with Crippen molar-refractivity contribution in [3.05, 3.63) is 84.9 Å². The average molecular weight is 269 g/mol. The molecular weight excluding hydrogens is 254 g/mol. The van der Waals surface area contributed by atoms with Gasteiger partial charge in [0, 0.05) is 22.5 Å². The molecule has 1 nitrogen and oxygen atoms in total. The number of nitrogens with one attached hydrogen (secondary N) is 1. The van der Waals surface area contributed by atoms with Gasteiger partial charge in [-0.1, -0.05) is 72.8 Å². The lowest BCUT2D eigenvalue weighted by Crippen LogP contribution is -1.88. The Morgan fingerprint density at radius 1 is 0.429 bits per heavy atom. The van der Waals surface area contributed by atoms with Gasteiger partial charge >= 0.3 is 0 Å². The Bertz CT molecular complexity index is 764. The van der Waals surface area contributed by atoms with Crippen LogP contribution in [0.15, 0.2) is 84.9 Å². The van der Waals surface area contributed by atoms with E-state index in [1.807, 2.05) is 0 Å².